The van der Waals surface area contributed by atoms with E-state index in [2.05, 4.69) is 27.3 Å². The molecular weight excluding hydrogens is 344 g/mol. The van der Waals surface area contributed by atoms with Crippen LogP contribution in [0, 0.1) is 3.57 Å². The molecule has 0 aliphatic rings. The van der Waals surface area contributed by atoms with Crippen LogP contribution in [0.1, 0.15) is 12.5 Å². The standard InChI is InChI=1S/C10H13FINO2S/c1-10(11,7-13-16(2,14)15)8-3-5-9(12)6-4-8/h3-6,13H,7H2,1-2H3. The molecule has 0 aliphatic carbocycles. The van der Waals surface area contributed by atoms with Gasteiger partial charge in [-0.2, -0.15) is 0 Å². The molecule has 0 radical (unpaired) electrons. The number of hydrogen-bond donors (Lipinski definition) is 1. The fraction of sp³-hybridized carbons (Fsp3) is 0.400. The third-order valence-electron chi connectivity index (χ3n) is 2.11. The second kappa shape index (κ2) is 4.97. The van der Waals surface area contributed by atoms with Crippen molar-refractivity contribution < 1.29 is 12.8 Å². The van der Waals surface area contributed by atoms with Crippen molar-refractivity contribution >= 4 is 32.6 Å². The highest BCUT2D eigenvalue weighted by atomic mass is 127. The molecule has 1 aromatic rings. The van der Waals surface area contributed by atoms with Crippen LogP contribution < -0.4 is 4.72 Å². The van der Waals surface area contributed by atoms with Gasteiger partial charge >= 0.3 is 0 Å². The Kier molecular flexibility index (Phi) is 4.30. The van der Waals surface area contributed by atoms with Crippen LogP contribution in [0.4, 0.5) is 4.39 Å². The summed E-state index contributed by atoms with van der Waals surface area (Å²) in [5.41, 5.74) is -1.24. The second-order valence-corrected chi connectivity index (χ2v) is 6.88. The van der Waals surface area contributed by atoms with E-state index >= 15 is 0 Å². The van der Waals surface area contributed by atoms with Crippen molar-refractivity contribution in [1.29, 1.82) is 0 Å². The highest BCUT2D eigenvalue weighted by molar-refractivity contribution is 14.1. The number of hydrogen-bond acceptors (Lipinski definition) is 2. The maximum atomic E-state index is 14.2. The molecule has 0 aliphatic heterocycles. The third-order valence-corrected chi connectivity index (χ3v) is 3.50. The Morgan fingerprint density at radius 1 is 1.38 bits per heavy atom. The van der Waals surface area contributed by atoms with Gasteiger partial charge in [0.2, 0.25) is 10.0 Å². The van der Waals surface area contributed by atoms with Gasteiger partial charge in [0.25, 0.3) is 0 Å². The summed E-state index contributed by atoms with van der Waals surface area (Å²) in [5.74, 6) is 0. The summed E-state index contributed by atoms with van der Waals surface area (Å²) in [6.45, 7) is 1.10. The van der Waals surface area contributed by atoms with Gasteiger partial charge in [-0.1, -0.05) is 12.1 Å². The van der Waals surface area contributed by atoms with Crippen LogP contribution in [0.25, 0.3) is 0 Å². The van der Waals surface area contributed by atoms with E-state index in [0.29, 0.717) is 5.56 Å². The monoisotopic (exact) mass is 357 g/mol. The van der Waals surface area contributed by atoms with E-state index in [-0.39, 0.29) is 6.54 Å². The van der Waals surface area contributed by atoms with Gasteiger partial charge in [0.05, 0.1) is 6.26 Å². The van der Waals surface area contributed by atoms with E-state index in [0.717, 1.165) is 9.83 Å². The van der Waals surface area contributed by atoms with Crippen molar-refractivity contribution in [2.75, 3.05) is 12.8 Å². The number of benzene rings is 1. The average Bonchev–Trinajstić information content (AvgIpc) is 2.15. The zero-order chi connectivity index (χ0) is 12.4. The summed E-state index contributed by atoms with van der Waals surface area (Å²) >= 11 is 2.12. The molecule has 0 heterocycles. The first-order valence-electron chi connectivity index (χ1n) is 4.60. The quantitative estimate of drug-likeness (QED) is 0.839. The molecular formula is C10H13FINO2S. The maximum absolute atomic E-state index is 14.2. The van der Waals surface area contributed by atoms with Crippen LogP contribution in [0.15, 0.2) is 24.3 Å². The van der Waals surface area contributed by atoms with Crippen LogP contribution in [-0.4, -0.2) is 21.2 Å². The van der Waals surface area contributed by atoms with E-state index < -0.39 is 15.7 Å². The average molecular weight is 357 g/mol. The lowest BCUT2D eigenvalue weighted by Gasteiger charge is -2.20. The first kappa shape index (κ1) is 13.9. The number of alkyl halides is 1. The molecule has 1 unspecified atom stereocenters. The zero-order valence-corrected chi connectivity index (χ0v) is 12.0. The second-order valence-electron chi connectivity index (χ2n) is 3.80. The minimum absolute atomic E-state index is 0.258. The molecule has 0 spiro atoms. The van der Waals surface area contributed by atoms with E-state index in [1.807, 2.05) is 0 Å². The molecule has 0 bridgehead atoms. The van der Waals surface area contributed by atoms with Crippen LogP contribution in [0.3, 0.4) is 0 Å². The highest BCUT2D eigenvalue weighted by Gasteiger charge is 2.26. The summed E-state index contributed by atoms with van der Waals surface area (Å²) in [4.78, 5) is 0. The normalized spacial score (nSPS) is 15.8. The Hall–Kier alpha value is -0.210. The van der Waals surface area contributed by atoms with Crippen LogP contribution in [0.2, 0.25) is 0 Å². The molecule has 90 valence electrons. The Bertz CT molecular complexity index is 456. The van der Waals surface area contributed by atoms with E-state index in [4.69, 9.17) is 0 Å². The van der Waals surface area contributed by atoms with Gasteiger partial charge < -0.3 is 0 Å². The molecule has 6 heteroatoms. The lowest BCUT2D eigenvalue weighted by Crippen LogP contribution is -2.35. The fourth-order valence-electron chi connectivity index (χ4n) is 1.17. The molecule has 16 heavy (non-hydrogen) atoms. The highest BCUT2D eigenvalue weighted by Crippen LogP contribution is 2.25. The smallest absolute Gasteiger partial charge is 0.208 e. The summed E-state index contributed by atoms with van der Waals surface area (Å²) < 4.78 is 39.1. The Balaban J connectivity index is 2.81. The predicted molar refractivity (Wildman–Crippen MR) is 70.5 cm³/mol. The van der Waals surface area contributed by atoms with Crippen molar-refractivity contribution in [3.63, 3.8) is 0 Å². The number of rotatable bonds is 4. The summed E-state index contributed by atoms with van der Waals surface area (Å²) in [5, 5.41) is 0. The lowest BCUT2D eigenvalue weighted by molar-refractivity contribution is 0.197. The molecule has 1 N–H and O–H groups in total. The molecule has 0 amide bonds. The van der Waals surface area contributed by atoms with E-state index in [9.17, 15) is 12.8 Å². The van der Waals surface area contributed by atoms with Crippen LogP contribution >= 0.6 is 22.6 Å². The van der Waals surface area contributed by atoms with Crippen molar-refractivity contribution in [2.45, 2.75) is 12.6 Å². The molecule has 1 aromatic carbocycles. The summed E-state index contributed by atoms with van der Waals surface area (Å²) in [7, 11) is -3.36. The van der Waals surface area contributed by atoms with Crippen molar-refractivity contribution in [2.24, 2.45) is 0 Å². The molecule has 0 saturated carbocycles. The lowest BCUT2D eigenvalue weighted by atomic mass is 9.98. The van der Waals surface area contributed by atoms with E-state index in [1.165, 1.54) is 6.92 Å². The minimum Gasteiger partial charge on any atom is -0.238 e. The number of halogens is 2. The summed E-state index contributed by atoms with van der Waals surface area (Å²) in [6, 6.07) is 6.89. The Morgan fingerprint density at radius 3 is 2.31 bits per heavy atom. The predicted octanol–water partition coefficient (Wildman–Crippen LogP) is 2.03. The van der Waals surface area contributed by atoms with Gasteiger partial charge in [-0.3, -0.25) is 0 Å². The molecule has 1 atom stereocenters. The fourth-order valence-corrected chi connectivity index (χ4v) is 2.06. The molecule has 0 aromatic heterocycles. The largest absolute Gasteiger partial charge is 0.238 e. The third kappa shape index (κ3) is 4.34. The van der Waals surface area contributed by atoms with Crippen molar-refractivity contribution in [3.05, 3.63) is 33.4 Å². The van der Waals surface area contributed by atoms with Gasteiger partial charge in [0.1, 0.15) is 5.67 Å². The zero-order valence-electron chi connectivity index (χ0n) is 9.00. The number of nitrogens with one attached hydrogen (secondary N) is 1. The number of sulfonamides is 1. The van der Waals surface area contributed by atoms with Gasteiger partial charge in [0.15, 0.2) is 0 Å². The minimum atomic E-state index is -3.36. The van der Waals surface area contributed by atoms with Crippen molar-refractivity contribution in [3.8, 4) is 0 Å². The van der Waals surface area contributed by atoms with Crippen molar-refractivity contribution in [1.82, 2.24) is 4.72 Å². The Labute approximate surface area is 109 Å². The summed E-state index contributed by atoms with van der Waals surface area (Å²) in [6.07, 6.45) is 1.01. The maximum Gasteiger partial charge on any atom is 0.208 e. The van der Waals surface area contributed by atoms with Gasteiger partial charge in [-0.15, -0.1) is 0 Å². The van der Waals surface area contributed by atoms with Crippen LogP contribution in [-0.2, 0) is 15.7 Å². The van der Waals surface area contributed by atoms with Crippen LogP contribution in [0.5, 0.6) is 0 Å². The van der Waals surface area contributed by atoms with Gasteiger partial charge in [-0.25, -0.2) is 17.5 Å². The first-order chi connectivity index (χ1) is 7.21. The topological polar surface area (TPSA) is 46.2 Å². The Morgan fingerprint density at radius 2 is 1.88 bits per heavy atom. The van der Waals surface area contributed by atoms with Gasteiger partial charge in [0, 0.05) is 10.1 Å². The molecule has 3 nitrogen and oxygen atoms in total. The first-order valence-corrected chi connectivity index (χ1v) is 7.57. The molecule has 0 fully saturated rings. The molecule has 1 rings (SSSR count). The van der Waals surface area contributed by atoms with Gasteiger partial charge in [-0.05, 0) is 47.2 Å². The SMILES string of the molecule is CC(F)(CNS(C)(=O)=O)c1ccc(I)cc1. The van der Waals surface area contributed by atoms with E-state index in [1.54, 1.807) is 24.3 Å². The molecule has 0 saturated heterocycles.